The monoisotopic (exact) mass is 179 g/mol. The van der Waals surface area contributed by atoms with Gasteiger partial charge in [-0.2, -0.15) is 0 Å². The van der Waals surface area contributed by atoms with Crippen molar-refractivity contribution >= 4 is 0 Å². The molecule has 0 spiro atoms. The molecule has 0 bridgehead atoms. The van der Waals surface area contributed by atoms with Crippen LogP contribution in [0.4, 0.5) is 0 Å². The molecule has 0 heterocycles. The SMILES string of the molecule is Cc1ccc(C)c([C@@H](N)CCO)c1. The van der Waals surface area contributed by atoms with Crippen LogP contribution in [0.25, 0.3) is 0 Å². The fourth-order valence-electron chi connectivity index (χ4n) is 1.45. The molecule has 0 aliphatic rings. The third kappa shape index (κ3) is 2.54. The molecule has 72 valence electrons. The summed E-state index contributed by atoms with van der Waals surface area (Å²) in [5.41, 5.74) is 9.48. The predicted octanol–water partition coefficient (Wildman–Crippen LogP) is 1.69. The van der Waals surface area contributed by atoms with Crippen molar-refractivity contribution in [1.29, 1.82) is 0 Å². The molecule has 3 N–H and O–H groups in total. The first kappa shape index (κ1) is 10.2. The molecule has 0 unspecified atom stereocenters. The molecule has 1 aromatic rings. The van der Waals surface area contributed by atoms with Gasteiger partial charge in [0.15, 0.2) is 0 Å². The molecule has 0 radical (unpaired) electrons. The molecule has 0 fully saturated rings. The number of hydrogen-bond acceptors (Lipinski definition) is 2. The fraction of sp³-hybridized carbons (Fsp3) is 0.455. The van der Waals surface area contributed by atoms with Gasteiger partial charge in [0.25, 0.3) is 0 Å². The van der Waals surface area contributed by atoms with Gasteiger partial charge in [-0.1, -0.05) is 23.8 Å². The summed E-state index contributed by atoms with van der Waals surface area (Å²) in [4.78, 5) is 0. The Balaban J connectivity index is 2.91. The minimum Gasteiger partial charge on any atom is -0.396 e. The van der Waals surface area contributed by atoms with Crippen molar-refractivity contribution in [2.75, 3.05) is 6.61 Å². The summed E-state index contributed by atoms with van der Waals surface area (Å²) < 4.78 is 0. The number of benzene rings is 1. The maximum Gasteiger partial charge on any atom is 0.0449 e. The molecule has 2 heteroatoms. The van der Waals surface area contributed by atoms with Gasteiger partial charge in [-0.05, 0) is 31.4 Å². The van der Waals surface area contributed by atoms with Crippen LogP contribution in [0, 0.1) is 13.8 Å². The van der Waals surface area contributed by atoms with Gasteiger partial charge >= 0.3 is 0 Å². The summed E-state index contributed by atoms with van der Waals surface area (Å²) in [6.45, 7) is 4.25. The van der Waals surface area contributed by atoms with E-state index in [0.29, 0.717) is 6.42 Å². The number of aliphatic hydroxyl groups excluding tert-OH is 1. The van der Waals surface area contributed by atoms with Crippen LogP contribution in [0.5, 0.6) is 0 Å². The molecule has 0 aromatic heterocycles. The lowest BCUT2D eigenvalue weighted by molar-refractivity contribution is 0.276. The second-order valence-electron chi connectivity index (χ2n) is 3.48. The summed E-state index contributed by atoms with van der Waals surface area (Å²) in [6.07, 6.45) is 0.629. The number of aliphatic hydroxyl groups is 1. The van der Waals surface area contributed by atoms with Gasteiger partial charge in [-0.15, -0.1) is 0 Å². The average molecular weight is 179 g/mol. The van der Waals surface area contributed by atoms with E-state index in [1.54, 1.807) is 0 Å². The minimum absolute atomic E-state index is 0.0371. The van der Waals surface area contributed by atoms with Crippen LogP contribution in [0.3, 0.4) is 0 Å². The van der Waals surface area contributed by atoms with E-state index in [9.17, 15) is 0 Å². The average Bonchev–Trinajstić information content (AvgIpc) is 2.09. The Labute approximate surface area is 79.4 Å². The first-order valence-electron chi connectivity index (χ1n) is 4.58. The Morgan fingerprint density at radius 2 is 2.08 bits per heavy atom. The van der Waals surface area contributed by atoms with E-state index in [1.807, 2.05) is 6.92 Å². The van der Waals surface area contributed by atoms with Crippen molar-refractivity contribution in [3.8, 4) is 0 Å². The summed E-state index contributed by atoms with van der Waals surface area (Å²) >= 11 is 0. The molecular weight excluding hydrogens is 162 g/mol. The number of rotatable bonds is 3. The van der Waals surface area contributed by atoms with Gasteiger partial charge < -0.3 is 10.8 Å². The molecule has 13 heavy (non-hydrogen) atoms. The van der Waals surface area contributed by atoms with Crippen molar-refractivity contribution < 1.29 is 5.11 Å². The smallest absolute Gasteiger partial charge is 0.0449 e. The first-order valence-corrected chi connectivity index (χ1v) is 4.58. The van der Waals surface area contributed by atoms with Crippen LogP contribution in [-0.4, -0.2) is 11.7 Å². The second kappa shape index (κ2) is 4.40. The van der Waals surface area contributed by atoms with E-state index in [1.165, 1.54) is 11.1 Å². The molecule has 1 rings (SSSR count). The Kier molecular flexibility index (Phi) is 3.46. The van der Waals surface area contributed by atoms with Gasteiger partial charge in [0, 0.05) is 12.6 Å². The summed E-state index contributed by atoms with van der Waals surface area (Å²) in [7, 11) is 0. The lowest BCUT2D eigenvalue weighted by Gasteiger charge is -2.14. The van der Waals surface area contributed by atoms with Crippen LogP contribution in [-0.2, 0) is 0 Å². The quantitative estimate of drug-likeness (QED) is 0.741. The summed E-state index contributed by atoms with van der Waals surface area (Å²) in [5, 5.41) is 8.78. The third-order valence-corrected chi connectivity index (χ3v) is 2.27. The van der Waals surface area contributed by atoms with Gasteiger partial charge in [-0.3, -0.25) is 0 Å². The molecule has 2 nitrogen and oxygen atoms in total. The zero-order valence-electron chi connectivity index (χ0n) is 8.25. The fourth-order valence-corrected chi connectivity index (χ4v) is 1.45. The molecule has 0 saturated heterocycles. The highest BCUT2D eigenvalue weighted by Gasteiger charge is 2.07. The maximum absolute atomic E-state index is 8.78. The highest BCUT2D eigenvalue weighted by atomic mass is 16.3. The van der Waals surface area contributed by atoms with E-state index in [0.717, 1.165) is 5.56 Å². The molecule has 0 saturated carbocycles. The van der Waals surface area contributed by atoms with Gasteiger partial charge in [-0.25, -0.2) is 0 Å². The van der Waals surface area contributed by atoms with Crippen LogP contribution in [0.15, 0.2) is 18.2 Å². The Bertz CT molecular complexity index is 283. The molecular formula is C11H17NO. The number of hydrogen-bond donors (Lipinski definition) is 2. The van der Waals surface area contributed by atoms with E-state index < -0.39 is 0 Å². The summed E-state index contributed by atoms with van der Waals surface area (Å²) in [6, 6.07) is 6.20. The largest absolute Gasteiger partial charge is 0.396 e. The standard InChI is InChI=1S/C11H17NO/c1-8-3-4-9(2)10(7-8)11(12)5-6-13/h3-4,7,11,13H,5-6,12H2,1-2H3/t11-/m0/s1. The topological polar surface area (TPSA) is 46.2 Å². The Hall–Kier alpha value is -0.860. The second-order valence-corrected chi connectivity index (χ2v) is 3.48. The zero-order valence-corrected chi connectivity index (χ0v) is 8.25. The first-order chi connectivity index (χ1) is 6.15. The van der Waals surface area contributed by atoms with E-state index in [4.69, 9.17) is 10.8 Å². The van der Waals surface area contributed by atoms with Crippen LogP contribution in [0.1, 0.15) is 29.2 Å². The van der Waals surface area contributed by atoms with Gasteiger partial charge in [0.05, 0.1) is 0 Å². The van der Waals surface area contributed by atoms with Crippen molar-refractivity contribution in [3.63, 3.8) is 0 Å². The lowest BCUT2D eigenvalue weighted by atomic mass is 9.98. The molecule has 0 amide bonds. The maximum atomic E-state index is 8.78. The zero-order chi connectivity index (χ0) is 9.84. The van der Waals surface area contributed by atoms with Crippen LogP contribution >= 0.6 is 0 Å². The highest BCUT2D eigenvalue weighted by molar-refractivity contribution is 5.32. The van der Waals surface area contributed by atoms with E-state index in [2.05, 4.69) is 25.1 Å². The van der Waals surface area contributed by atoms with Crippen LogP contribution < -0.4 is 5.73 Å². The van der Waals surface area contributed by atoms with Gasteiger partial charge in [0.1, 0.15) is 0 Å². The molecule has 1 atom stereocenters. The minimum atomic E-state index is -0.0371. The molecule has 0 aliphatic carbocycles. The highest BCUT2D eigenvalue weighted by Crippen LogP contribution is 2.19. The Morgan fingerprint density at radius 3 is 2.69 bits per heavy atom. The van der Waals surface area contributed by atoms with E-state index in [-0.39, 0.29) is 12.6 Å². The van der Waals surface area contributed by atoms with Gasteiger partial charge in [0.2, 0.25) is 0 Å². The predicted molar refractivity (Wildman–Crippen MR) is 54.5 cm³/mol. The van der Waals surface area contributed by atoms with E-state index >= 15 is 0 Å². The number of nitrogens with two attached hydrogens (primary N) is 1. The van der Waals surface area contributed by atoms with Crippen molar-refractivity contribution in [2.24, 2.45) is 5.73 Å². The number of aryl methyl sites for hydroxylation is 2. The Morgan fingerprint density at radius 1 is 1.38 bits per heavy atom. The lowest BCUT2D eigenvalue weighted by Crippen LogP contribution is -2.13. The van der Waals surface area contributed by atoms with Crippen LogP contribution in [0.2, 0.25) is 0 Å². The van der Waals surface area contributed by atoms with Crippen molar-refractivity contribution in [1.82, 2.24) is 0 Å². The molecule has 0 aliphatic heterocycles. The third-order valence-electron chi connectivity index (χ3n) is 2.27. The molecule has 1 aromatic carbocycles. The van der Waals surface area contributed by atoms with Crippen molar-refractivity contribution in [2.45, 2.75) is 26.3 Å². The normalized spacial score (nSPS) is 12.9. The summed E-state index contributed by atoms with van der Waals surface area (Å²) in [5.74, 6) is 0. The van der Waals surface area contributed by atoms with Crippen molar-refractivity contribution in [3.05, 3.63) is 34.9 Å².